The van der Waals surface area contributed by atoms with Gasteiger partial charge in [-0.15, -0.1) is 10.2 Å². The van der Waals surface area contributed by atoms with Crippen LogP contribution < -0.4 is 0 Å². The molecule has 0 N–H and O–H groups in total. The fourth-order valence-electron chi connectivity index (χ4n) is 1.15. The van der Waals surface area contributed by atoms with Crippen LogP contribution in [-0.4, -0.2) is 32.1 Å². The predicted octanol–water partition coefficient (Wildman–Crippen LogP) is 4.75. The molecular weight excluding hydrogens is 328 g/mol. The van der Waals surface area contributed by atoms with E-state index in [9.17, 15) is 4.79 Å². The molecule has 1 rings (SSSR count). The molecule has 0 saturated heterocycles. The fraction of sp³-hybridized carbons (Fsp3) is 0.615. The van der Waals surface area contributed by atoms with Crippen molar-refractivity contribution in [2.45, 2.75) is 47.5 Å². The van der Waals surface area contributed by atoms with Crippen LogP contribution in [0.3, 0.4) is 0 Å². The first-order valence-corrected chi connectivity index (χ1v) is 10.2. The van der Waals surface area contributed by atoms with Crippen molar-refractivity contribution < 1.29 is 4.79 Å². The molecule has 1 unspecified atom stereocenters. The van der Waals surface area contributed by atoms with E-state index in [1.54, 1.807) is 41.8 Å². The largest absolute Gasteiger partial charge is 0.282 e. The number of nitrogens with zero attached hydrogens (tertiary/aromatic N) is 2. The number of hydrogen-bond acceptors (Lipinski definition) is 7. The second kappa shape index (κ2) is 9.87. The third-order valence-corrected chi connectivity index (χ3v) is 7.45. The zero-order valence-electron chi connectivity index (χ0n) is 12.0. The van der Waals surface area contributed by atoms with Crippen LogP contribution in [0.4, 0.5) is 0 Å². The lowest BCUT2D eigenvalue weighted by atomic mass is 10.4. The minimum absolute atomic E-state index is 0.0916. The molecule has 20 heavy (non-hydrogen) atoms. The Hall–Kier alpha value is 0.0200. The lowest BCUT2D eigenvalue weighted by Crippen LogP contribution is -2.09. The first-order chi connectivity index (χ1) is 9.56. The highest BCUT2D eigenvalue weighted by atomic mass is 32.2. The highest BCUT2D eigenvalue weighted by molar-refractivity contribution is 8.15. The summed E-state index contributed by atoms with van der Waals surface area (Å²) >= 11 is 6.47. The Morgan fingerprint density at radius 2 is 1.95 bits per heavy atom. The summed E-state index contributed by atoms with van der Waals surface area (Å²) in [6.07, 6.45) is 2.11. The third-order valence-electron chi connectivity index (χ3n) is 2.29. The molecule has 0 aliphatic carbocycles. The van der Waals surface area contributed by atoms with Crippen molar-refractivity contribution in [2.75, 3.05) is 11.5 Å². The Morgan fingerprint density at radius 3 is 2.50 bits per heavy atom. The summed E-state index contributed by atoms with van der Waals surface area (Å²) in [5, 5.41) is 8.75. The zero-order valence-corrected chi connectivity index (χ0v) is 15.3. The summed E-state index contributed by atoms with van der Waals surface area (Å²) < 4.78 is 2.03. The summed E-state index contributed by atoms with van der Waals surface area (Å²) in [6.45, 7) is 9.72. The average molecular weight is 349 g/mol. The highest BCUT2D eigenvalue weighted by Crippen LogP contribution is 2.32. The maximum Gasteiger partial charge on any atom is 0.214 e. The summed E-state index contributed by atoms with van der Waals surface area (Å²) in [7, 11) is 0. The van der Waals surface area contributed by atoms with Crippen LogP contribution in [0.15, 0.2) is 20.8 Å². The van der Waals surface area contributed by atoms with Crippen molar-refractivity contribution in [3.05, 3.63) is 12.2 Å². The maximum absolute atomic E-state index is 11.7. The second-order valence-electron chi connectivity index (χ2n) is 4.21. The van der Waals surface area contributed by atoms with E-state index in [-0.39, 0.29) is 5.12 Å². The van der Waals surface area contributed by atoms with E-state index in [0.717, 1.165) is 33.0 Å². The Labute approximate surface area is 137 Å². The molecule has 0 spiro atoms. The summed E-state index contributed by atoms with van der Waals surface area (Å²) in [6, 6.07) is 0. The van der Waals surface area contributed by atoms with Gasteiger partial charge in [0.05, 0.1) is 0 Å². The van der Waals surface area contributed by atoms with Crippen LogP contribution in [0, 0.1) is 0 Å². The van der Waals surface area contributed by atoms with Gasteiger partial charge in [0.15, 0.2) is 8.68 Å². The van der Waals surface area contributed by atoms with Gasteiger partial charge in [-0.25, -0.2) is 0 Å². The molecule has 1 atom stereocenters. The lowest BCUT2D eigenvalue weighted by molar-refractivity contribution is -0.107. The molecule has 0 radical (unpaired) electrons. The van der Waals surface area contributed by atoms with Crippen LogP contribution in [0.25, 0.3) is 0 Å². The van der Waals surface area contributed by atoms with Crippen LogP contribution in [0.2, 0.25) is 0 Å². The molecule has 1 aromatic rings. The minimum atomic E-state index is 0.0916. The second-order valence-corrected chi connectivity index (χ2v) is 9.07. The maximum atomic E-state index is 11.7. The topological polar surface area (TPSA) is 42.9 Å². The lowest BCUT2D eigenvalue weighted by Gasteiger charge is -2.11. The van der Waals surface area contributed by atoms with E-state index in [1.165, 1.54) is 11.8 Å². The number of hydrogen-bond donors (Lipinski definition) is 0. The molecule has 112 valence electrons. The van der Waals surface area contributed by atoms with E-state index < -0.39 is 0 Å². The van der Waals surface area contributed by atoms with Gasteiger partial charge >= 0.3 is 0 Å². The Balaban J connectivity index is 2.41. The van der Waals surface area contributed by atoms with Gasteiger partial charge in [0.25, 0.3) is 0 Å². The molecule has 0 bridgehead atoms. The molecule has 3 nitrogen and oxygen atoms in total. The van der Waals surface area contributed by atoms with Gasteiger partial charge in [0.2, 0.25) is 5.12 Å². The molecule has 0 aliphatic heterocycles. The number of aromatic nitrogens is 2. The van der Waals surface area contributed by atoms with Gasteiger partial charge in [-0.05, 0) is 25.3 Å². The van der Waals surface area contributed by atoms with Gasteiger partial charge in [0, 0.05) is 16.8 Å². The molecule has 0 saturated carbocycles. The first kappa shape index (κ1) is 18.1. The smallest absolute Gasteiger partial charge is 0.214 e. The SMILES string of the molecule is C=C(C)C(=O)SC(CC)CSc1nnc(SCCC)s1. The number of thioether (sulfide) groups is 3. The van der Waals surface area contributed by atoms with E-state index in [2.05, 4.69) is 30.6 Å². The minimum Gasteiger partial charge on any atom is -0.282 e. The highest BCUT2D eigenvalue weighted by Gasteiger charge is 2.15. The van der Waals surface area contributed by atoms with E-state index in [4.69, 9.17) is 0 Å². The van der Waals surface area contributed by atoms with Crippen molar-refractivity contribution in [1.82, 2.24) is 10.2 Å². The van der Waals surface area contributed by atoms with Crippen molar-refractivity contribution in [3.8, 4) is 0 Å². The number of carbonyl (C=O) groups excluding carboxylic acids is 1. The number of rotatable bonds is 9. The quantitative estimate of drug-likeness (QED) is 0.474. The molecular formula is C13H20N2OS4. The Bertz CT molecular complexity index is 447. The number of carbonyl (C=O) groups is 1. The summed E-state index contributed by atoms with van der Waals surface area (Å²) in [5.74, 6) is 1.97. The first-order valence-electron chi connectivity index (χ1n) is 6.52. The molecule has 0 amide bonds. The average Bonchev–Trinajstić information content (AvgIpc) is 2.88. The van der Waals surface area contributed by atoms with E-state index in [0.29, 0.717) is 10.8 Å². The summed E-state index contributed by atoms with van der Waals surface area (Å²) in [5.41, 5.74) is 0.618. The molecule has 0 fully saturated rings. The van der Waals surface area contributed by atoms with Crippen LogP contribution in [-0.2, 0) is 4.79 Å². The van der Waals surface area contributed by atoms with Crippen LogP contribution in [0.5, 0.6) is 0 Å². The fourth-order valence-corrected chi connectivity index (χ4v) is 5.31. The molecule has 1 aromatic heterocycles. The monoisotopic (exact) mass is 348 g/mol. The van der Waals surface area contributed by atoms with E-state index >= 15 is 0 Å². The molecule has 7 heteroatoms. The van der Waals surface area contributed by atoms with Gasteiger partial charge in [0.1, 0.15) is 0 Å². The predicted molar refractivity (Wildman–Crippen MR) is 93.1 cm³/mol. The van der Waals surface area contributed by atoms with Gasteiger partial charge in [-0.1, -0.05) is 67.0 Å². The van der Waals surface area contributed by atoms with E-state index in [1.807, 2.05) is 0 Å². The van der Waals surface area contributed by atoms with Crippen molar-refractivity contribution in [1.29, 1.82) is 0 Å². The standard InChI is InChI=1S/C13H20N2OS4/c1-5-7-17-12-14-15-13(20-12)18-8-10(6-2)19-11(16)9(3)4/h10H,3,5-8H2,1-2,4H3. The Kier molecular flexibility index (Phi) is 8.91. The van der Waals surface area contributed by atoms with Crippen molar-refractivity contribution in [3.63, 3.8) is 0 Å². The van der Waals surface area contributed by atoms with Crippen molar-refractivity contribution in [2.24, 2.45) is 0 Å². The molecule has 0 aliphatic rings. The van der Waals surface area contributed by atoms with Crippen LogP contribution in [0.1, 0.15) is 33.6 Å². The van der Waals surface area contributed by atoms with Crippen molar-refractivity contribution >= 4 is 51.7 Å². The molecule has 0 aromatic carbocycles. The molecule has 1 heterocycles. The third kappa shape index (κ3) is 6.65. The van der Waals surface area contributed by atoms with Gasteiger partial charge < -0.3 is 0 Å². The van der Waals surface area contributed by atoms with Gasteiger partial charge in [-0.3, -0.25) is 4.79 Å². The summed E-state index contributed by atoms with van der Waals surface area (Å²) in [4.78, 5) is 11.7. The Morgan fingerprint density at radius 1 is 1.30 bits per heavy atom. The normalized spacial score (nSPS) is 12.3. The van der Waals surface area contributed by atoms with Gasteiger partial charge in [-0.2, -0.15) is 0 Å². The van der Waals surface area contributed by atoms with Crippen LogP contribution >= 0.6 is 46.6 Å². The zero-order chi connectivity index (χ0) is 15.0.